The van der Waals surface area contributed by atoms with Crippen molar-refractivity contribution in [2.75, 3.05) is 0 Å². The van der Waals surface area contributed by atoms with E-state index in [0.29, 0.717) is 17.7 Å². The van der Waals surface area contributed by atoms with Crippen molar-refractivity contribution in [3.63, 3.8) is 0 Å². The van der Waals surface area contributed by atoms with Gasteiger partial charge in [0.05, 0.1) is 77.8 Å². The van der Waals surface area contributed by atoms with E-state index >= 15 is 0 Å². The summed E-state index contributed by atoms with van der Waals surface area (Å²) < 4.78 is 16.0. The molecule has 9 heterocycles. The summed E-state index contributed by atoms with van der Waals surface area (Å²) in [5.74, 6) is 1.72. The van der Waals surface area contributed by atoms with Crippen LogP contribution in [0.1, 0.15) is 0 Å². The molecule has 586 valence electrons. The lowest BCUT2D eigenvalue weighted by Crippen LogP contribution is -2.10. The molecular weight excluding hydrogens is 1520 g/mol. The summed E-state index contributed by atoms with van der Waals surface area (Å²) in [7, 11) is 0. The van der Waals surface area contributed by atoms with Gasteiger partial charge in [-0.3, -0.25) is 13.5 Å². The van der Waals surface area contributed by atoms with Crippen molar-refractivity contribution in [3.05, 3.63) is 455 Å². The Hall–Kier alpha value is -17.0. The third kappa shape index (κ3) is 12.2. The smallest absolute Gasteiger partial charge is 0.240 e. The third-order valence-electron chi connectivity index (χ3n) is 24.6. The molecule has 0 saturated carbocycles. The highest BCUT2D eigenvalue weighted by Crippen LogP contribution is 2.43. The molecule has 0 atom stereocenters. The summed E-state index contributed by atoms with van der Waals surface area (Å²) in [6.07, 6.45) is 2.09. The standard InChI is InChI=1S/C51H32N6.C32H22N2.C31H21N3/c1-7-25-43-37(19-1)38-20-2-8-26-44(38)55(43)36-18-14-16-34(32-36)33-15-13-17-35(31-33)49-52-50(56-45-27-9-3-21-39(45)40-22-4-10-28-46(40)56)54-51(53-49)57-47-29-11-5-23-41(47)42-24-6-12-30-48(42)57;1-2-13-25(14-3-1)33-29-18-7-4-11-24(29)22-32(33)23-12-10-15-26(21-23)34-30-19-8-5-16-27(30)28-17-6-9-20-31(28)34;1-2-11-22(12-3-1)31-30(32-29-19-8-9-20-33(29)31)23-13-10-14-24(21-23)34-27-17-6-4-15-25(27)26-16-5-7-18-28(26)34/h1-32H;1-22H;1-21H. The highest BCUT2D eigenvalue weighted by Gasteiger charge is 2.25. The van der Waals surface area contributed by atoms with E-state index in [2.05, 4.69) is 481 Å². The molecular formula is C114H75N11. The van der Waals surface area contributed by atoms with E-state index in [-0.39, 0.29) is 0 Å². The summed E-state index contributed by atoms with van der Waals surface area (Å²) in [5.41, 5.74) is 27.9. The van der Waals surface area contributed by atoms with Crippen LogP contribution in [0.4, 0.5) is 0 Å². The van der Waals surface area contributed by atoms with Crippen LogP contribution in [0.15, 0.2) is 455 Å². The molecule has 0 aliphatic rings. The minimum absolute atomic E-state index is 0.563. The van der Waals surface area contributed by atoms with E-state index in [4.69, 9.17) is 19.9 Å². The highest BCUT2D eigenvalue weighted by molar-refractivity contribution is 6.14. The van der Waals surface area contributed by atoms with E-state index in [1.54, 1.807) is 0 Å². The third-order valence-corrected chi connectivity index (χ3v) is 24.6. The molecule has 11 heteroatoms. The van der Waals surface area contributed by atoms with E-state index in [9.17, 15) is 0 Å². The first-order valence-electron chi connectivity index (χ1n) is 42.3. The maximum atomic E-state index is 5.32. The molecule has 26 rings (SSSR count). The molecule has 0 aliphatic heterocycles. The first kappa shape index (κ1) is 72.0. The molecule has 0 N–H and O–H groups in total. The van der Waals surface area contributed by atoms with Gasteiger partial charge in [-0.05, 0) is 151 Å². The van der Waals surface area contributed by atoms with Crippen molar-refractivity contribution in [1.29, 1.82) is 0 Å². The molecule has 0 saturated heterocycles. The van der Waals surface area contributed by atoms with Gasteiger partial charge in [-0.25, -0.2) is 4.98 Å². The van der Waals surface area contributed by atoms with Gasteiger partial charge in [0.1, 0.15) is 5.65 Å². The van der Waals surface area contributed by atoms with Crippen molar-refractivity contribution in [2.24, 2.45) is 0 Å². The second kappa shape index (κ2) is 30.0. The summed E-state index contributed by atoms with van der Waals surface area (Å²) in [5, 5.41) is 13.4. The van der Waals surface area contributed by atoms with Gasteiger partial charge in [-0.1, -0.05) is 309 Å². The fourth-order valence-corrected chi connectivity index (χ4v) is 19.1. The average molecular weight is 1600 g/mol. The van der Waals surface area contributed by atoms with Crippen molar-refractivity contribution in [2.45, 2.75) is 0 Å². The van der Waals surface area contributed by atoms with Gasteiger partial charge in [-0.2, -0.15) is 15.0 Å². The topological polar surface area (TPSA) is 85.6 Å². The van der Waals surface area contributed by atoms with Gasteiger partial charge in [0, 0.05) is 110 Å². The van der Waals surface area contributed by atoms with Crippen molar-refractivity contribution in [3.8, 4) is 90.9 Å². The molecule has 0 spiro atoms. The van der Waals surface area contributed by atoms with E-state index < -0.39 is 0 Å². The minimum atomic E-state index is 0.563. The molecule has 0 bridgehead atoms. The summed E-state index contributed by atoms with van der Waals surface area (Å²) >= 11 is 0. The first-order chi connectivity index (χ1) is 62.0. The Morgan fingerprint density at radius 1 is 0.176 bits per heavy atom. The van der Waals surface area contributed by atoms with Crippen LogP contribution in [0.25, 0.3) is 217 Å². The monoisotopic (exact) mass is 1600 g/mol. The Morgan fingerprint density at radius 3 is 0.912 bits per heavy atom. The Labute approximate surface area is 718 Å². The molecule has 9 aromatic heterocycles. The van der Waals surface area contributed by atoms with Gasteiger partial charge in [-0.15, -0.1) is 0 Å². The average Bonchev–Trinajstić information content (AvgIpc) is 1.60. The highest BCUT2D eigenvalue weighted by atomic mass is 15.3. The normalized spacial score (nSPS) is 11.7. The number of fused-ring (bicyclic) bond motifs is 17. The molecule has 0 aliphatic carbocycles. The van der Waals surface area contributed by atoms with E-state index in [1.807, 2.05) is 6.07 Å². The predicted octanol–water partition coefficient (Wildman–Crippen LogP) is 28.7. The van der Waals surface area contributed by atoms with E-state index in [1.165, 1.54) is 99.0 Å². The Kier molecular flexibility index (Phi) is 17.3. The maximum Gasteiger partial charge on any atom is 0.240 e. The molecule has 26 aromatic rings. The number of hydrogen-bond donors (Lipinski definition) is 0. The second-order valence-corrected chi connectivity index (χ2v) is 31.7. The lowest BCUT2D eigenvalue weighted by atomic mass is 10.0. The number of hydrogen-bond acceptors (Lipinski definition) is 4. The van der Waals surface area contributed by atoms with Gasteiger partial charge in [0.15, 0.2) is 5.82 Å². The Balaban J connectivity index is 0.000000111. The van der Waals surface area contributed by atoms with Crippen LogP contribution in [-0.2, 0) is 0 Å². The molecule has 0 radical (unpaired) electrons. The first-order valence-corrected chi connectivity index (χ1v) is 42.3. The zero-order valence-corrected chi connectivity index (χ0v) is 67.7. The lowest BCUT2D eigenvalue weighted by molar-refractivity contribution is 0.893. The molecule has 0 unspecified atom stereocenters. The number of imidazole rings is 1. The van der Waals surface area contributed by atoms with E-state index in [0.717, 1.165) is 99.8 Å². The Morgan fingerprint density at radius 2 is 0.480 bits per heavy atom. The fraction of sp³-hybridized carbons (Fsp3) is 0. The number of pyridine rings is 1. The largest absolute Gasteiger partial charge is 0.309 e. The maximum absolute atomic E-state index is 5.32. The SMILES string of the molecule is c1cc(-c2cccc(-n3c4ccccc4c4ccccc43)c2)cc(-c2nc(-n3c4ccccc4c4ccccc43)nc(-n3c4ccccc4c4ccccc43)n2)c1.c1ccc(-c2c(-c3cccc(-n4c5ccccc5c5ccccc54)c3)nc3ccccn23)cc1.c1ccc(-n2c(-c3cccc(-n4c5ccccc5c5ccccc54)c3)cc3ccccc32)cc1. The lowest BCUT2D eigenvalue weighted by Gasteiger charge is -2.13. The number of rotatable bonds is 11. The number of aromatic nitrogens is 11. The fourth-order valence-electron chi connectivity index (χ4n) is 19.1. The zero-order valence-electron chi connectivity index (χ0n) is 67.7. The molecule has 0 fully saturated rings. The summed E-state index contributed by atoms with van der Waals surface area (Å²) in [6.45, 7) is 0. The van der Waals surface area contributed by atoms with Crippen LogP contribution >= 0.6 is 0 Å². The number of nitrogens with zero attached hydrogens (tertiary/aromatic N) is 11. The number of benzene rings is 17. The second-order valence-electron chi connectivity index (χ2n) is 31.7. The molecule has 11 nitrogen and oxygen atoms in total. The Bertz CT molecular complexity index is 8040. The zero-order chi connectivity index (χ0) is 82.4. The van der Waals surface area contributed by atoms with Crippen molar-refractivity contribution < 1.29 is 0 Å². The van der Waals surface area contributed by atoms with Crippen LogP contribution in [-0.4, -0.2) is 51.7 Å². The van der Waals surface area contributed by atoms with Gasteiger partial charge >= 0.3 is 0 Å². The van der Waals surface area contributed by atoms with Crippen LogP contribution in [0.5, 0.6) is 0 Å². The minimum Gasteiger partial charge on any atom is -0.309 e. The summed E-state index contributed by atoms with van der Waals surface area (Å²) in [6, 6.07) is 159. The van der Waals surface area contributed by atoms with Gasteiger partial charge in [0.2, 0.25) is 11.9 Å². The molecule has 17 aromatic carbocycles. The number of para-hydroxylation sites is 12. The molecule has 125 heavy (non-hydrogen) atoms. The van der Waals surface area contributed by atoms with Crippen LogP contribution in [0.2, 0.25) is 0 Å². The van der Waals surface area contributed by atoms with Crippen molar-refractivity contribution >= 4 is 126 Å². The van der Waals surface area contributed by atoms with Crippen LogP contribution in [0, 0.1) is 0 Å². The van der Waals surface area contributed by atoms with Gasteiger partial charge < -0.3 is 18.3 Å². The predicted molar refractivity (Wildman–Crippen MR) is 517 cm³/mol. The van der Waals surface area contributed by atoms with Gasteiger partial charge in [0.25, 0.3) is 0 Å². The molecule has 0 amide bonds. The van der Waals surface area contributed by atoms with Crippen LogP contribution in [0.3, 0.4) is 0 Å². The van der Waals surface area contributed by atoms with Crippen molar-refractivity contribution in [1.82, 2.24) is 51.7 Å². The quantitative estimate of drug-likeness (QED) is 0.129. The van der Waals surface area contributed by atoms with Crippen LogP contribution < -0.4 is 0 Å². The summed E-state index contributed by atoms with van der Waals surface area (Å²) in [4.78, 5) is 21.0.